The Kier molecular flexibility index (Phi) is 5.46. The third-order valence-corrected chi connectivity index (χ3v) is 5.33. The number of halogens is 4. The van der Waals surface area contributed by atoms with E-state index in [1.165, 1.54) is 21.4 Å². The number of benzene rings is 1. The van der Waals surface area contributed by atoms with Gasteiger partial charge in [-0.05, 0) is 37.8 Å². The van der Waals surface area contributed by atoms with Crippen molar-refractivity contribution in [1.29, 1.82) is 0 Å². The van der Waals surface area contributed by atoms with Crippen molar-refractivity contribution in [2.75, 3.05) is 0 Å². The van der Waals surface area contributed by atoms with Crippen LogP contribution in [-0.2, 0) is 19.5 Å². The first-order valence-corrected chi connectivity index (χ1v) is 9.15. The molecule has 0 radical (unpaired) electrons. The Balaban J connectivity index is 1.88. The van der Waals surface area contributed by atoms with Crippen LogP contribution in [0.4, 0.5) is 13.2 Å². The smallest absolute Gasteiger partial charge is 0.278 e. The van der Waals surface area contributed by atoms with Gasteiger partial charge in [0.1, 0.15) is 11.6 Å². The lowest BCUT2D eigenvalue weighted by atomic mass is 9.86. The van der Waals surface area contributed by atoms with Gasteiger partial charge in [-0.15, -0.1) is 0 Å². The van der Waals surface area contributed by atoms with Gasteiger partial charge in [-0.25, -0.2) is 22.6 Å². The van der Waals surface area contributed by atoms with Gasteiger partial charge >= 0.3 is 5.69 Å². The van der Waals surface area contributed by atoms with Crippen molar-refractivity contribution in [3.63, 3.8) is 0 Å². The third kappa shape index (κ3) is 3.98. The number of hydrogen-bond acceptors (Lipinski definition) is 2. The number of hydrogen-bond donors (Lipinski definition) is 0. The summed E-state index contributed by atoms with van der Waals surface area (Å²) in [4.78, 5) is 12.6. The van der Waals surface area contributed by atoms with E-state index >= 15 is 0 Å². The van der Waals surface area contributed by atoms with E-state index in [0.717, 1.165) is 0 Å². The van der Waals surface area contributed by atoms with Crippen LogP contribution in [0.3, 0.4) is 0 Å². The van der Waals surface area contributed by atoms with Gasteiger partial charge < -0.3 is 0 Å². The number of aromatic nitrogens is 3. The minimum Gasteiger partial charge on any atom is -0.278 e. The molecule has 0 unspecified atom stereocenters. The average Bonchev–Trinajstić information content (AvgIpc) is 2.88. The zero-order valence-corrected chi connectivity index (χ0v) is 15.3. The van der Waals surface area contributed by atoms with Gasteiger partial charge in [0.05, 0.1) is 0 Å². The van der Waals surface area contributed by atoms with E-state index in [1.54, 1.807) is 13.0 Å². The molecule has 1 heterocycles. The fourth-order valence-electron chi connectivity index (χ4n) is 3.41. The molecule has 0 spiro atoms. The van der Waals surface area contributed by atoms with Crippen LogP contribution in [0.2, 0.25) is 5.02 Å². The zero-order valence-electron chi connectivity index (χ0n) is 14.5. The molecule has 0 bridgehead atoms. The minimum atomic E-state index is -2.61. The summed E-state index contributed by atoms with van der Waals surface area (Å²) in [6.07, 6.45) is 0.468. The van der Waals surface area contributed by atoms with Crippen molar-refractivity contribution in [2.45, 2.75) is 58.0 Å². The third-order valence-electron chi connectivity index (χ3n) is 4.97. The first-order chi connectivity index (χ1) is 12.3. The van der Waals surface area contributed by atoms with E-state index in [0.29, 0.717) is 31.8 Å². The molecule has 0 aliphatic heterocycles. The molecule has 3 rings (SSSR count). The SMILES string of the molecule is CCn1nc(Cc2c(F)cccc2Cl)n(CC2CCC(F)(F)CC2)c1=O. The summed E-state index contributed by atoms with van der Waals surface area (Å²) >= 11 is 6.09. The highest BCUT2D eigenvalue weighted by atomic mass is 35.5. The van der Waals surface area contributed by atoms with Crippen molar-refractivity contribution >= 4 is 11.6 Å². The van der Waals surface area contributed by atoms with Crippen molar-refractivity contribution in [3.05, 3.63) is 50.9 Å². The molecular weight excluding hydrogens is 367 g/mol. The molecule has 8 heteroatoms. The molecular formula is C18H21ClF3N3O. The quantitative estimate of drug-likeness (QED) is 0.768. The standard InChI is InChI=1S/C18H21ClF3N3O/c1-2-25-17(26)24(11-12-6-8-18(21,22)9-7-12)16(23-25)10-13-14(19)4-3-5-15(13)20/h3-5,12H,2,6-11H2,1H3. The van der Waals surface area contributed by atoms with Crippen molar-refractivity contribution in [2.24, 2.45) is 5.92 Å². The van der Waals surface area contributed by atoms with E-state index in [1.807, 2.05) is 0 Å². The Morgan fingerprint density at radius 2 is 2.00 bits per heavy atom. The summed E-state index contributed by atoms with van der Waals surface area (Å²) < 4.78 is 43.6. The number of alkyl halides is 2. The summed E-state index contributed by atoms with van der Waals surface area (Å²) in [5.74, 6) is -2.68. The highest BCUT2D eigenvalue weighted by Crippen LogP contribution is 2.36. The lowest BCUT2D eigenvalue weighted by Crippen LogP contribution is -2.31. The van der Waals surface area contributed by atoms with Crippen molar-refractivity contribution in [3.8, 4) is 0 Å². The second-order valence-electron chi connectivity index (χ2n) is 6.80. The van der Waals surface area contributed by atoms with Crippen LogP contribution in [0.1, 0.15) is 44.0 Å². The normalized spacial score (nSPS) is 17.6. The maximum absolute atomic E-state index is 14.1. The van der Waals surface area contributed by atoms with Gasteiger partial charge in [-0.2, -0.15) is 5.10 Å². The van der Waals surface area contributed by atoms with E-state index in [4.69, 9.17) is 11.6 Å². The van der Waals surface area contributed by atoms with Gasteiger partial charge in [0.25, 0.3) is 0 Å². The molecule has 1 aromatic carbocycles. The second kappa shape index (κ2) is 7.47. The Hall–Kier alpha value is -1.76. The Bertz CT molecular complexity index is 816. The van der Waals surface area contributed by atoms with Crippen LogP contribution in [-0.4, -0.2) is 20.3 Å². The molecule has 1 fully saturated rings. The van der Waals surface area contributed by atoms with Crippen molar-refractivity contribution in [1.82, 2.24) is 14.3 Å². The van der Waals surface area contributed by atoms with Gasteiger partial charge in [0.15, 0.2) is 0 Å². The monoisotopic (exact) mass is 387 g/mol. The Morgan fingerprint density at radius 1 is 1.31 bits per heavy atom. The maximum Gasteiger partial charge on any atom is 0.345 e. The summed E-state index contributed by atoms with van der Waals surface area (Å²) in [5.41, 5.74) is -0.0221. The van der Waals surface area contributed by atoms with Crippen molar-refractivity contribution < 1.29 is 13.2 Å². The van der Waals surface area contributed by atoms with Crippen LogP contribution in [0.5, 0.6) is 0 Å². The van der Waals surface area contributed by atoms with Gasteiger partial charge in [0, 0.05) is 42.9 Å². The van der Waals surface area contributed by atoms with Crippen LogP contribution in [0.15, 0.2) is 23.0 Å². The number of rotatable bonds is 5. The number of aryl methyl sites for hydroxylation is 1. The minimum absolute atomic E-state index is 0.0170. The average molecular weight is 388 g/mol. The topological polar surface area (TPSA) is 39.8 Å². The molecule has 1 saturated carbocycles. The molecule has 0 atom stereocenters. The summed E-state index contributed by atoms with van der Waals surface area (Å²) in [6, 6.07) is 4.41. The highest BCUT2D eigenvalue weighted by molar-refractivity contribution is 6.31. The fraction of sp³-hybridized carbons (Fsp3) is 0.556. The van der Waals surface area contributed by atoms with Crippen LogP contribution in [0, 0.1) is 11.7 Å². The summed E-state index contributed by atoms with van der Waals surface area (Å²) in [5, 5.41) is 4.56. The largest absolute Gasteiger partial charge is 0.345 e. The van der Waals surface area contributed by atoms with Crippen LogP contribution < -0.4 is 5.69 Å². The van der Waals surface area contributed by atoms with E-state index in [-0.39, 0.29) is 41.5 Å². The number of nitrogens with zero attached hydrogens (tertiary/aromatic N) is 3. The highest BCUT2D eigenvalue weighted by Gasteiger charge is 2.35. The molecule has 0 saturated heterocycles. The molecule has 2 aromatic rings. The molecule has 1 aliphatic carbocycles. The van der Waals surface area contributed by atoms with Crippen LogP contribution in [0.25, 0.3) is 0 Å². The zero-order chi connectivity index (χ0) is 18.9. The van der Waals surface area contributed by atoms with Gasteiger partial charge in [-0.1, -0.05) is 17.7 Å². The Labute approximate surface area is 154 Å². The molecule has 0 N–H and O–H groups in total. The molecule has 142 valence electrons. The first-order valence-electron chi connectivity index (χ1n) is 8.78. The van der Waals surface area contributed by atoms with E-state index in [2.05, 4.69) is 5.10 Å². The molecule has 26 heavy (non-hydrogen) atoms. The lowest BCUT2D eigenvalue weighted by molar-refractivity contribution is -0.0474. The first kappa shape index (κ1) is 19.0. The molecule has 1 aromatic heterocycles. The fourth-order valence-corrected chi connectivity index (χ4v) is 3.64. The van der Waals surface area contributed by atoms with Gasteiger partial charge in [0.2, 0.25) is 5.92 Å². The molecule has 0 amide bonds. The van der Waals surface area contributed by atoms with E-state index in [9.17, 15) is 18.0 Å². The molecule has 1 aliphatic rings. The van der Waals surface area contributed by atoms with E-state index < -0.39 is 11.7 Å². The summed E-state index contributed by atoms with van der Waals surface area (Å²) in [7, 11) is 0. The predicted octanol–water partition coefficient (Wildman–Crippen LogP) is 4.27. The maximum atomic E-state index is 14.1. The molecule has 4 nitrogen and oxygen atoms in total. The second-order valence-corrected chi connectivity index (χ2v) is 7.21. The summed E-state index contributed by atoms with van der Waals surface area (Å²) in [6.45, 7) is 2.49. The lowest BCUT2D eigenvalue weighted by Gasteiger charge is -2.28. The van der Waals surface area contributed by atoms with Gasteiger partial charge in [-0.3, -0.25) is 4.57 Å². The Morgan fingerprint density at radius 3 is 2.62 bits per heavy atom. The van der Waals surface area contributed by atoms with Crippen LogP contribution >= 0.6 is 11.6 Å². The predicted molar refractivity (Wildman–Crippen MR) is 93.3 cm³/mol.